The number of hydrogen-bond acceptors (Lipinski definition) is 3. The van der Waals surface area contributed by atoms with Crippen LogP contribution in [0.5, 0.6) is 0 Å². The molecule has 2 N–H and O–H groups in total. The van der Waals surface area contributed by atoms with Gasteiger partial charge in [-0.25, -0.2) is 0 Å². The zero-order valence-corrected chi connectivity index (χ0v) is 8.29. The molecule has 2 unspecified atom stereocenters. The van der Waals surface area contributed by atoms with Gasteiger partial charge >= 0.3 is 5.97 Å². The Balaban J connectivity index is 2.35. The number of hydrogen-bond donors (Lipinski definition) is 2. The molecule has 1 heterocycles. The van der Waals surface area contributed by atoms with Crippen molar-refractivity contribution in [3.63, 3.8) is 0 Å². The average molecular weight is 186 g/mol. The molecule has 1 rings (SSSR count). The van der Waals surface area contributed by atoms with E-state index >= 15 is 0 Å². The van der Waals surface area contributed by atoms with Crippen LogP contribution in [0.4, 0.5) is 0 Å². The van der Waals surface area contributed by atoms with Gasteiger partial charge in [0.25, 0.3) is 0 Å². The summed E-state index contributed by atoms with van der Waals surface area (Å²) in [7, 11) is 4.02. The van der Waals surface area contributed by atoms with Crippen LogP contribution < -0.4 is 5.32 Å². The van der Waals surface area contributed by atoms with Gasteiger partial charge in [-0.2, -0.15) is 0 Å². The van der Waals surface area contributed by atoms with E-state index in [0.29, 0.717) is 12.5 Å². The molecule has 1 fully saturated rings. The highest BCUT2D eigenvalue weighted by Gasteiger charge is 2.32. The van der Waals surface area contributed by atoms with Crippen molar-refractivity contribution in [2.75, 3.05) is 33.7 Å². The van der Waals surface area contributed by atoms with Gasteiger partial charge in [0.1, 0.15) is 0 Å². The molecule has 0 radical (unpaired) electrons. The summed E-state index contributed by atoms with van der Waals surface area (Å²) in [6.07, 6.45) is 0.969. The minimum absolute atomic E-state index is 0.181. The molecule has 0 saturated carbocycles. The summed E-state index contributed by atoms with van der Waals surface area (Å²) in [6.45, 7) is 2.45. The van der Waals surface area contributed by atoms with E-state index in [4.69, 9.17) is 5.11 Å². The van der Waals surface area contributed by atoms with Crippen molar-refractivity contribution in [2.24, 2.45) is 11.8 Å². The third-order valence-electron chi connectivity index (χ3n) is 2.60. The fourth-order valence-corrected chi connectivity index (χ4v) is 1.75. The maximum atomic E-state index is 10.8. The molecule has 0 aromatic rings. The Labute approximate surface area is 78.9 Å². The van der Waals surface area contributed by atoms with E-state index in [2.05, 4.69) is 10.2 Å². The molecule has 0 aromatic carbocycles. The molecule has 2 atom stereocenters. The molecule has 0 aliphatic carbocycles. The van der Waals surface area contributed by atoms with Gasteiger partial charge in [-0.15, -0.1) is 0 Å². The third-order valence-corrected chi connectivity index (χ3v) is 2.60. The summed E-state index contributed by atoms with van der Waals surface area (Å²) in [4.78, 5) is 12.9. The van der Waals surface area contributed by atoms with Crippen molar-refractivity contribution in [1.29, 1.82) is 0 Å². The minimum atomic E-state index is -0.659. The lowest BCUT2D eigenvalue weighted by molar-refractivity contribution is -0.142. The van der Waals surface area contributed by atoms with E-state index in [-0.39, 0.29) is 5.92 Å². The van der Waals surface area contributed by atoms with Crippen molar-refractivity contribution < 1.29 is 9.90 Å². The normalized spacial score (nSPS) is 28.2. The van der Waals surface area contributed by atoms with E-state index in [0.717, 1.165) is 19.5 Å². The maximum absolute atomic E-state index is 10.8. The second kappa shape index (κ2) is 4.58. The van der Waals surface area contributed by atoms with Crippen LogP contribution in [0.3, 0.4) is 0 Å². The number of carbonyl (C=O) groups is 1. The van der Waals surface area contributed by atoms with E-state index in [1.54, 1.807) is 0 Å². The molecule has 1 saturated heterocycles. The fourth-order valence-electron chi connectivity index (χ4n) is 1.75. The Kier molecular flexibility index (Phi) is 3.69. The molecule has 4 heteroatoms. The van der Waals surface area contributed by atoms with Gasteiger partial charge in [0, 0.05) is 6.54 Å². The maximum Gasteiger partial charge on any atom is 0.308 e. The zero-order chi connectivity index (χ0) is 9.84. The molecule has 0 aromatic heterocycles. The largest absolute Gasteiger partial charge is 0.481 e. The topological polar surface area (TPSA) is 52.6 Å². The van der Waals surface area contributed by atoms with Gasteiger partial charge in [0.15, 0.2) is 0 Å². The summed E-state index contributed by atoms with van der Waals surface area (Å²) >= 11 is 0. The van der Waals surface area contributed by atoms with Crippen LogP contribution in [0.2, 0.25) is 0 Å². The predicted octanol–water partition coefficient (Wildman–Crippen LogP) is -0.142. The number of nitrogens with zero attached hydrogens (tertiary/aromatic N) is 1. The molecule has 4 nitrogen and oxygen atoms in total. The average Bonchev–Trinajstić information content (AvgIpc) is 2.47. The lowest BCUT2D eigenvalue weighted by Crippen LogP contribution is -2.25. The smallest absolute Gasteiger partial charge is 0.308 e. The molecule has 1 aliphatic heterocycles. The molecule has 13 heavy (non-hydrogen) atoms. The highest BCUT2D eigenvalue weighted by Crippen LogP contribution is 2.20. The van der Waals surface area contributed by atoms with Crippen LogP contribution in [0, 0.1) is 11.8 Å². The van der Waals surface area contributed by atoms with Crippen LogP contribution in [0.15, 0.2) is 0 Å². The number of carboxylic acids is 1. The summed E-state index contributed by atoms with van der Waals surface area (Å²) in [5.74, 6) is -0.534. The first-order valence-electron chi connectivity index (χ1n) is 4.69. The second-order valence-corrected chi connectivity index (χ2v) is 3.96. The van der Waals surface area contributed by atoms with Gasteiger partial charge in [-0.1, -0.05) is 0 Å². The number of carboxylic acid groups (broad SMARTS) is 1. The lowest BCUT2D eigenvalue weighted by Gasteiger charge is -2.17. The van der Waals surface area contributed by atoms with Crippen molar-refractivity contribution in [2.45, 2.75) is 6.42 Å². The molecule has 76 valence electrons. The number of aliphatic carboxylic acids is 1. The van der Waals surface area contributed by atoms with Crippen LogP contribution in [-0.2, 0) is 4.79 Å². The SMILES string of the molecule is CN(C)CCC1CNCC1C(=O)O. The Morgan fingerprint density at radius 2 is 2.23 bits per heavy atom. The zero-order valence-electron chi connectivity index (χ0n) is 8.29. The van der Waals surface area contributed by atoms with Gasteiger partial charge in [0.05, 0.1) is 5.92 Å². The fraction of sp³-hybridized carbons (Fsp3) is 0.889. The van der Waals surface area contributed by atoms with E-state index < -0.39 is 5.97 Å². The summed E-state index contributed by atoms with van der Waals surface area (Å²) < 4.78 is 0. The van der Waals surface area contributed by atoms with Gasteiger partial charge in [-0.05, 0) is 39.5 Å². The highest BCUT2D eigenvalue weighted by molar-refractivity contribution is 5.71. The van der Waals surface area contributed by atoms with E-state index in [1.165, 1.54) is 0 Å². The summed E-state index contributed by atoms with van der Waals surface area (Å²) in [5.41, 5.74) is 0. The third kappa shape index (κ3) is 2.97. The molecule has 0 spiro atoms. The predicted molar refractivity (Wildman–Crippen MR) is 50.7 cm³/mol. The van der Waals surface area contributed by atoms with Crippen LogP contribution in [-0.4, -0.2) is 49.7 Å². The Morgan fingerprint density at radius 3 is 2.77 bits per heavy atom. The molecule has 0 amide bonds. The molecular weight excluding hydrogens is 168 g/mol. The van der Waals surface area contributed by atoms with Crippen molar-refractivity contribution >= 4 is 5.97 Å². The molecular formula is C9H18N2O2. The number of rotatable bonds is 4. The Hall–Kier alpha value is -0.610. The minimum Gasteiger partial charge on any atom is -0.481 e. The first-order valence-corrected chi connectivity index (χ1v) is 4.69. The molecule has 1 aliphatic rings. The lowest BCUT2D eigenvalue weighted by atomic mass is 9.93. The van der Waals surface area contributed by atoms with Gasteiger partial charge < -0.3 is 15.3 Å². The van der Waals surface area contributed by atoms with Crippen LogP contribution in [0.1, 0.15) is 6.42 Å². The highest BCUT2D eigenvalue weighted by atomic mass is 16.4. The standard InChI is InChI=1S/C9H18N2O2/c1-11(2)4-3-7-5-10-6-8(7)9(12)13/h7-8,10H,3-6H2,1-2H3,(H,12,13). The Bertz CT molecular complexity index is 182. The van der Waals surface area contributed by atoms with E-state index in [9.17, 15) is 4.79 Å². The van der Waals surface area contributed by atoms with Crippen molar-refractivity contribution in [1.82, 2.24) is 10.2 Å². The van der Waals surface area contributed by atoms with Crippen molar-refractivity contribution in [3.8, 4) is 0 Å². The van der Waals surface area contributed by atoms with Gasteiger partial charge in [0.2, 0.25) is 0 Å². The van der Waals surface area contributed by atoms with Crippen LogP contribution >= 0.6 is 0 Å². The summed E-state index contributed by atoms with van der Waals surface area (Å²) in [6, 6.07) is 0. The first-order chi connectivity index (χ1) is 6.11. The monoisotopic (exact) mass is 186 g/mol. The Morgan fingerprint density at radius 1 is 1.54 bits per heavy atom. The quantitative estimate of drug-likeness (QED) is 0.641. The van der Waals surface area contributed by atoms with E-state index in [1.807, 2.05) is 14.1 Å². The molecule has 0 bridgehead atoms. The number of nitrogens with one attached hydrogen (secondary N) is 1. The first kappa shape index (κ1) is 10.5. The van der Waals surface area contributed by atoms with Crippen molar-refractivity contribution in [3.05, 3.63) is 0 Å². The second-order valence-electron chi connectivity index (χ2n) is 3.96. The summed E-state index contributed by atoms with van der Waals surface area (Å²) in [5, 5.41) is 12.0. The van der Waals surface area contributed by atoms with Gasteiger partial charge in [-0.3, -0.25) is 4.79 Å². The van der Waals surface area contributed by atoms with Crippen LogP contribution in [0.25, 0.3) is 0 Å².